The summed E-state index contributed by atoms with van der Waals surface area (Å²) < 4.78 is 1.64. The van der Waals surface area contributed by atoms with Gasteiger partial charge in [0.15, 0.2) is 0 Å². The van der Waals surface area contributed by atoms with Crippen LogP contribution in [0.15, 0.2) is 34.6 Å². The molecule has 0 aliphatic heterocycles. The SMILES string of the molecule is Cn1nnnc1S[C@@H]1CC/C=C/CC/C=C/CC/C1=N\O. The summed E-state index contributed by atoms with van der Waals surface area (Å²) in [6.45, 7) is 0. The molecule has 0 saturated heterocycles. The summed E-state index contributed by atoms with van der Waals surface area (Å²) in [5.74, 6) is 0. The molecular weight excluding hydrogens is 286 g/mol. The van der Waals surface area contributed by atoms with Crippen LogP contribution >= 0.6 is 11.8 Å². The molecule has 1 aliphatic carbocycles. The molecule has 0 radical (unpaired) electrons. The highest BCUT2D eigenvalue weighted by Gasteiger charge is 2.20. The zero-order valence-corrected chi connectivity index (χ0v) is 13.0. The van der Waals surface area contributed by atoms with Gasteiger partial charge in [-0.3, -0.25) is 0 Å². The molecular formula is C14H21N5OS. The Kier molecular flexibility index (Phi) is 6.46. The van der Waals surface area contributed by atoms with Gasteiger partial charge in [-0.05, 0) is 49.0 Å². The van der Waals surface area contributed by atoms with E-state index in [9.17, 15) is 5.21 Å². The average molecular weight is 307 g/mol. The number of hydrogen-bond donors (Lipinski definition) is 1. The third-order valence-corrected chi connectivity index (χ3v) is 4.67. The predicted molar refractivity (Wildman–Crippen MR) is 83.6 cm³/mol. The Morgan fingerprint density at radius 3 is 2.57 bits per heavy atom. The molecule has 2 rings (SSSR count). The Morgan fingerprint density at radius 2 is 1.90 bits per heavy atom. The molecule has 1 aromatic heterocycles. The number of oxime groups is 1. The fourth-order valence-corrected chi connectivity index (χ4v) is 3.24. The number of allylic oxidation sites excluding steroid dienone is 4. The Morgan fingerprint density at radius 1 is 1.19 bits per heavy atom. The van der Waals surface area contributed by atoms with E-state index in [0.29, 0.717) is 0 Å². The minimum atomic E-state index is 0.0946. The Hall–Kier alpha value is -1.63. The first-order valence-electron chi connectivity index (χ1n) is 7.21. The van der Waals surface area contributed by atoms with Crippen molar-refractivity contribution in [1.29, 1.82) is 0 Å². The van der Waals surface area contributed by atoms with Crippen molar-refractivity contribution in [3.8, 4) is 0 Å². The quantitative estimate of drug-likeness (QED) is 0.516. The van der Waals surface area contributed by atoms with E-state index in [-0.39, 0.29) is 5.25 Å². The van der Waals surface area contributed by atoms with Crippen LogP contribution in [0, 0.1) is 0 Å². The molecule has 114 valence electrons. The van der Waals surface area contributed by atoms with Crippen LogP contribution in [-0.4, -0.2) is 36.4 Å². The van der Waals surface area contributed by atoms with Crippen molar-refractivity contribution in [2.24, 2.45) is 12.2 Å². The summed E-state index contributed by atoms with van der Waals surface area (Å²) in [5, 5.41) is 25.2. The summed E-state index contributed by atoms with van der Waals surface area (Å²) in [6.07, 6.45) is 14.5. The first kappa shape index (κ1) is 15.8. The highest BCUT2D eigenvalue weighted by molar-refractivity contribution is 8.00. The van der Waals surface area contributed by atoms with Crippen LogP contribution in [-0.2, 0) is 7.05 Å². The normalized spacial score (nSPS) is 26.0. The lowest BCUT2D eigenvalue weighted by molar-refractivity contribution is 0.316. The van der Waals surface area contributed by atoms with Crippen LogP contribution in [0.2, 0.25) is 0 Å². The zero-order chi connectivity index (χ0) is 14.9. The van der Waals surface area contributed by atoms with Gasteiger partial charge in [0.1, 0.15) is 0 Å². The number of aryl methyl sites for hydroxylation is 1. The molecule has 0 amide bonds. The lowest BCUT2D eigenvalue weighted by Gasteiger charge is -2.16. The van der Waals surface area contributed by atoms with E-state index in [4.69, 9.17) is 0 Å². The predicted octanol–water partition coefficient (Wildman–Crippen LogP) is 2.97. The molecule has 1 N–H and O–H groups in total. The zero-order valence-electron chi connectivity index (χ0n) is 12.2. The van der Waals surface area contributed by atoms with Gasteiger partial charge in [0, 0.05) is 7.05 Å². The van der Waals surface area contributed by atoms with Gasteiger partial charge in [-0.1, -0.05) is 41.2 Å². The highest BCUT2D eigenvalue weighted by atomic mass is 32.2. The number of tetrazole rings is 1. The fourth-order valence-electron chi connectivity index (χ4n) is 2.16. The van der Waals surface area contributed by atoms with E-state index in [1.54, 1.807) is 16.4 Å². The second kappa shape index (κ2) is 8.61. The molecule has 7 heteroatoms. The first-order chi connectivity index (χ1) is 10.3. The van der Waals surface area contributed by atoms with E-state index in [2.05, 4.69) is 45.0 Å². The number of hydrogen-bond acceptors (Lipinski definition) is 6. The van der Waals surface area contributed by atoms with E-state index in [0.717, 1.165) is 49.4 Å². The molecule has 0 spiro atoms. The number of nitrogens with zero attached hydrogens (tertiary/aromatic N) is 5. The van der Waals surface area contributed by atoms with E-state index in [1.807, 2.05) is 7.05 Å². The van der Waals surface area contributed by atoms with Crippen molar-refractivity contribution in [3.63, 3.8) is 0 Å². The first-order valence-corrected chi connectivity index (χ1v) is 8.09. The van der Waals surface area contributed by atoms with Crippen LogP contribution in [0.3, 0.4) is 0 Å². The molecule has 0 saturated carbocycles. The summed E-state index contributed by atoms with van der Waals surface area (Å²) >= 11 is 1.56. The van der Waals surface area contributed by atoms with Crippen LogP contribution < -0.4 is 0 Å². The number of aromatic nitrogens is 4. The monoisotopic (exact) mass is 307 g/mol. The van der Waals surface area contributed by atoms with Crippen molar-refractivity contribution < 1.29 is 5.21 Å². The lowest BCUT2D eigenvalue weighted by Crippen LogP contribution is -2.18. The van der Waals surface area contributed by atoms with Crippen LogP contribution in [0.1, 0.15) is 38.5 Å². The van der Waals surface area contributed by atoms with Gasteiger partial charge in [-0.2, -0.15) is 0 Å². The van der Waals surface area contributed by atoms with Gasteiger partial charge in [0.2, 0.25) is 5.16 Å². The molecule has 1 heterocycles. The smallest absolute Gasteiger partial charge is 0.209 e. The second-order valence-electron chi connectivity index (χ2n) is 4.92. The van der Waals surface area contributed by atoms with Crippen molar-refractivity contribution >= 4 is 17.5 Å². The standard InChI is InChI=1S/C14H21N5OS/c1-19-14(15-17-18-19)21-13-11-9-7-5-3-2-4-6-8-10-12(13)16-20/h4-7,13,20H,2-3,8-11H2,1H3/b6-4+,7-5+,16-12+/t13-/m1/s1. The lowest BCUT2D eigenvalue weighted by atomic mass is 10.1. The third-order valence-electron chi connectivity index (χ3n) is 3.33. The fraction of sp³-hybridized carbons (Fsp3) is 0.571. The van der Waals surface area contributed by atoms with Gasteiger partial charge >= 0.3 is 0 Å². The minimum Gasteiger partial charge on any atom is -0.411 e. The molecule has 21 heavy (non-hydrogen) atoms. The minimum absolute atomic E-state index is 0.0946. The Balaban J connectivity index is 2.10. The molecule has 1 aromatic rings. The van der Waals surface area contributed by atoms with E-state index in [1.165, 1.54) is 0 Å². The summed E-state index contributed by atoms with van der Waals surface area (Å²) in [4.78, 5) is 0. The molecule has 0 unspecified atom stereocenters. The van der Waals surface area contributed by atoms with Crippen molar-refractivity contribution in [2.75, 3.05) is 0 Å². The summed E-state index contributed by atoms with van der Waals surface area (Å²) in [6, 6.07) is 0. The highest BCUT2D eigenvalue weighted by Crippen LogP contribution is 2.27. The maximum absolute atomic E-state index is 9.34. The third kappa shape index (κ3) is 5.00. The van der Waals surface area contributed by atoms with Gasteiger partial charge < -0.3 is 5.21 Å². The maximum Gasteiger partial charge on any atom is 0.209 e. The van der Waals surface area contributed by atoms with Gasteiger partial charge in [0.05, 0.1) is 11.0 Å². The summed E-state index contributed by atoms with van der Waals surface area (Å²) in [7, 11) is 1.82. The molecule has 6 nitrogen and oxygen atoms in total. The van der Waals surface area contributed by atoms with E-state index >= 15 is 0 Å². The van der Waals surface area contributed by atoms with Crippen LogP contribution in [0.5, 0.6) is 0 Å². The van der Waals surface area contributed by atoms with Crippen molar-refractivity contribution in [2.45, 2.75) is 48.9 Å². The van der Waals surface area contributed by atoms with Gasteiger partial charge in [-0.15, -0.1) is 5.10 Å². The van der Waals surface area contributed by atoms with Crippen LogP contribution in [0.4, 0.5) is 0 Å². The largest absolute Gasteiger partial charge is 0.411 e. The van der Waals surface area contributed by atoms with Gasteiger partial charge in [0.25, 0.3) is 0 Å². The maximum atomic E-state index is 9.34. The molecule has 0 bridgehead atoms. The van der Waals surface area contributed by atoms with E-state index < -0.39 is 0 Å². The Labute approximate surface area is 129 Å². The average Bonchev–Trinajstić information content (AvgIpc) is 2.87. The number of thioether (sulfide) groups is 1. The molecule has 1 aliphatic rings. The summed E-state index contributed by atoms with van der Waals surface area (Å²) in [5.41, 5.74) is 0.807. The Bertz CT molecular complexity index is 523. The molecule has 0 aromatic carbocycles. The second-order valence-corrected chi connectivity index (χ2v) is 6.09. The number of rotatable bonds is 2. The van der Waals surface area contributed by atoms with Crippen molar-refractivity contribution in [1.82, 2.24) is 20.2 Å². The van der Waals surface area contributed by atoms with Gasteiger partial charge in [-0.25, -0.2) is 4.68 Å². The topological polar surface area (TPSA) is 76.2 Å². The molecule has 0 fully saturated rings. The molecule has 1 atom stereocenters. The van der Waals surface area contributed by atoms with Crippen molar-refractivity contribution in [3.05, 3.63) is 24.3 Å². The van der Waals surface area contributed by atoms with Crippen LogP contribution in [0.25, 0.3) is 0 Å².